The minimum absolute atomic E-state index is 0.328. The van der Waals surface area contributed by atoms with Gasteiger partial charge in [0.1, 0.15) is 0 Å². The van der Waals surface area contributed by atoms with E-state index in [0.29, 0.717) is 7.61 Å². The van der Waals surface area contributed by atoms with Gasteiger partial charge in [-0.05, 0) is 32.6 Å². The summed E-state index contributed by atoms with van der Waals surface area (Å²) >= 11 is 0. The summed E-state index contributed by atoms with van der Waals surface area (Å²) in [6, 6.07) is 0. The van der Waals surface area contributed by atoms with Crippen molar-refractivity contribution in [3.63, 3.8) is 0 Å². The van der Waals surface area contributed by atoms with E-state index in [1.807, 2.05) is 0 Å². The molecule has 0 aromatic heterocycles. The Morgan fingerprint density at radius 3 is 1.19 bits per heavy atom. The van der Waals surface area contributed by atoms with Crippen LogP contribution in [0.5, 0.6) is 0 Å². The fourth-order valence-corrected chi connectivity index (χ4v) is 11.8. The van der Waals surface area contributed by atoms with E-state index in [-0.39, 0.29) is 0 Å². The SMILES string of the molecule is CCCC[P+](CCCC)(CCCC)P(C)C. The van der Waals surface area contributed by atoms with Crippen molar-refractivity contribution < 1.29 is 0 Å². The first-order chi connectivity index (χ1) is 7.63. The zero-order chi connectivity index (χ0) is 12.4. The summed E-state index contributed by atoms with van der Waals surface area (Å²) in [5, 5.41) is 0. The highest BCUT2D eigenvalue weighted by Gasteiger charge is 2.38. The van der Waals surface area contributed by atoms with Gasteiger partial charge in [0.05, 0.1) is 18.5 Å². The van der Waals surface area contributed by atoms with Gasteiger partial charge in [-0.25, -0.2) is 0 Å². The molecule has 0 aliphatic rings. The van der Waals surface area contributed by atoms with E-state index in [4.69, 9.17) is 0 Å². The molecule has 0 unspecified atom stereocenters. The molecule has 0 spiro atoms. The summed E-state index contributed by atoms with van der Waals surface area (Å²) < 4.78 is 0. The van der Waals surface area contributed by atoms with Crippen molar-refractivity contribution in [3.8, 4) is 0 Å². The average molecular weight is 263 g/mol. The third-order valence-corrected chi connectivity index (χ3v) is 15.7. The van der Waals surface area contributed by atoms with Crippen LogP contribution in [0, 0.1) is 0 Å². The van der Waals surface area contributed by atoms with E-state index in [1.165, 1.54) is 38.5 Å². The van der Waals surface area contributed by atoms with Crippen molar-refractivity contribution in [2.75, 3.05) is 31.8 Å². The molecule has 0 aliphatic carbocycles. The van der Waals surface area contributed by atoms with E-state index in [0.717, 1.165) is 0 Å². The van der Waals surface area contributed by atoms with E-state index in [1.54, 1.807) is 18.5 Å². The molecule has 0 N–H and O–H groups in total. The monoisotopic (exact) mass is 263 g/mol. The highest BCUT2D eigenvalue weighted by Crippen LogP contribution is 2.81. The van der Waals surface area contributed by atoms with Crippen molar-refractivity contribution in [2.24, 2.45) is 0 Å². The quantitative estimate of drug-likeness (QED) is 0.420. The van der Waals surface area contributed by atoms with Crippen LogP contribution >= 0.6 is 14.6 Å². The second kappa shape index (κ2) is 9.85. The van der Waals surface area contributed by atoms with Crippen LogP contribution in [0.25, 0.3) is 0 Å². The van der Waals surface area contributed by atoms with Crippen molar-refractivity contribution in [3.05, 3.63) is 0 Å². The molecule has 0 aromatic rings. The molecule has 0 amide bonds. The predicted molar refractivity (Wildman–Crippen MR) is 85.0 cm³/mol. The minimum Gasteiger partial charge on any atom is -0.0652 e. The maximum atomic E-state index is 2.56. The second-order valence-corrected chi connectivity index (χ2v) is 15.3. The smallest absolute Gasteiger partial charge is 0.0616 e. The summed E-state index contributed by atoms with van der Waals surface area (Å²) in [6.45, 7) is 11.6. The first-order valence-electron chi connectivity index (χ1n) is 7.16. The van der Waals surface area contributed by atoms with Gasteiger partial charge in [0.15, 0.2) is 0 Å². The maximum Gasteiger partial charge on any atom is 0.0616 e. The Hall–Kier alpha value is 0.860. The lowest BCUT2D eigenvalue weighted by molar-refractivity contribution is 0.844. The van der Waals surface area contributed by atoms with Crippen LogP contribution in [-0.4, -0.2) is 31.8 Å². The van der Waals surface area contributed by atoms with Gasteiger partial charge in [0, 0.05) is 14.6 Å². The zero-order valence-electron chi connectivity index (χ0n) is 12.3. The average Bonchev–Trinajstić information content (AvgIpc) is 2.28. The molecule has 0 aliphatic heterocycles. The summed E-state index contributed by atoms with van der Waals surface area (Å²) in [5.74, 6) is 0. The van der Waals surface area contributed by atoms with Gasteiger partial charge >= 0.3 is 0 Å². The normalized spacial score (nSPS) is 12.4. The van der Waals surface area contributed by atoms with Crippen LogP contribution in [-0.2, 0) is 0 Å². The molecule has 0 aromatic carbocycles. The Labute approximate surface area is 106 Å². The standard InChI is InChI=1S/C14H33P2/c1-6-9-12-16(15(4)5,13-10-7-2)14-11-8-3/h6-14H2,1-5H3/q+1. The molecule has 0 saturated carbocycles. The van der Waals surface area contributed by atoms with Crippen molar-refractivity contribution in [1.29, 1.82) is 0 Å². The topological polar surface area (TPSA) is 0 Å². The molecule has 2 heteroatoms. The Kier molecular flexibility index (Phi) is 10.4. The van der Waals surface area contributed by atoms with Gasteiger partial charge in [-0.3, -0.25) is 0 Å². The Morgan fingerprint density at radius 2 is 1.00 bits per heavy atom. The second-order valence-electron chi connectivity index (χ2n) is 5.17. The first-order valence-corrected chi connectivity index (χ1v) is 12.5. The molecule has 0 heterocycles. The summed E-state index contributed by atoms with van der Waals surface area (Å²) in [5.41, 5.74) is 0. The highest BCUT2D eigenvalue weighted by atomic mass is 32.1. The highest BCUT2D eigenvalue weighted by molar-refractivity contribution is 8.38. The van der Waals surface area contributed by atoms with Gasteiger partial charge < -0.3 is 0 Å². The van der Waals surface area contributed by atoms with E-state index in [2.05, 4.69) is 34.1 Å². The number of hydrogen-bond acceptors (Lipinski definition) is 0. The number of unbranched alkanes of at least 4 members (excludes halogenated alkanes) is 3. The van der Waals surface area contributed by atoms with Gasteiger partial charge in [-0.1, -0.05) is 40.0 Å². The molecular weight excluding hydrogens is 230 g/mol. The van der Waals surface area contributed by atoms with Crippen LogP contribution in [0.1, 0.15) is 59.3 Å². The Bertz CT molecular complexity index is 133. The lowest BCUT2D eigenvalue weighted by atomic mass is 10.4. The van der Waals surface area contributed by atoms with Gasteiger partial charge in [-0.15, -0.1) is 0 Å². The van der Waals surface area contributed by atoms with Crippen LogP contribution in [0.15, 0.2) is 0 Å². The molecule has 98 valence electrons. The molecule has 0 bridgehead atoms. The van der Waals surface area contributed by atoms with Gasteiger partial charge in [0.2, 0.25) is 0 Å². The molecule has 0 fully saturated rings. The zero-order valence-corrected chi connectivity index (χ0v) is 14.0. The van der Waals surface area contributed by atoms with Crippen LogP contribution in [0.4, 0.5) is 0 Å². The number of hydrogen-bond donors (Lipinski definition) is 0. The fourth-order valence-electron chi connectivity index (χ4n) is 2.29. The third kappa shape index (κ3) is 5.97. The van der Waals surface area contributed by atoms with Gasteiger partial charge in [0.25, 0.3) is 0 Å². The van der Waals surface area contributed by atoms with Crippen molar-refractivity contribution in [2.45, 2.75) is 59.3 Å². The third-order valence-electron chi connectivity index (χ3n) is 3.63. The number of rotatable bonds is 10. The van der Waals surface area contributed by atoms with E-state index in [9.17, 15) is 0 Å². The van der Waals surface area contributed by atoms with Crippen molar-refractivity contribution >= 4 is 14.6 Å². The molecule has 0 radical (unpaired) electrons. The summed E-state index contributed by atoms with van der Waals surface area (Å²) in [6.07, 6.45) is 13.4. The molecule has 16 heavy (non-hydrogen) atoms. The van der Waals surface area contributed by atoms with E-state index < -0.39 is 6.95 Å². The molecule has 0 rings (SSSR count). The van der Waals surface area contributed by atoms with E-state index >= 15 is 0 Å². The molecule has 0 nitrogen and oxygen atoms in total. The lowest BCUT2D eigenvalue weighted by Crippen LogP contribution is -2.07. The lowest BCUT2D eigenvalue weighted by Gasteiger charge is -2.31. The van der Waals surface area contributed by atoms with Crippen LogP contribution < -0.4 is 0 Å². The Balaban J connectivity index is 4.46. The summed E-state index contributed by atoms with van der Waals surface area (Å²) in [4.78, 5) is 0. The van der Waals surface area contributed by atoms with Crippen LogP contribution in [0.3, 0.4) is 0 Å². The summed E-state index contributed by atoms with van der Waals surface area (Å²) in [7, 11) is 0.328. The van der Waals surface area contributed by atoms with Crippen molar-refractivity contribution in [1.82, 2.24) is 0 Å². The minimum atomic E-state index is -0.553. The van der Waals surface area contributed by atoms with Gasteiger partial charge in [-0.2, -0.15) is 0 Å². The van der Waals surface area contributed by atoms with Crippen LogP contribution in [0.2, 0.25) is 0 Å². The largest absolute Gasteiger partial charge is 0.0652 e. The molecular formula is C14H33P2+. The molecule has 0 saturated heterocycles. The first kappa shape index (κ1) is 16.9. The Morgan fingerprint density at radius 1 is 0.688 bits per heavy atom. The fraction of sp³-hybridized carbons (Fsp3) is 1.00. The molecule has 0 atom stereocenters. The predicted octanol–water partition coefficient (Wildman–Crippen LogP) is 6.06. The maximum absolute atomic E-state index is 2.56.